The number of hydrogen-bond acceptors (Lipinski definition) is 1. The van der Waals surface area contributed by atoms with Crippen LogP contribution in [-0.2, 0) is 7.05 Å². The van der Waals surface area contributed by atoms with Gasteiger partial charge in [-0.3, -0.25) is 0 Å². The highest BCUT2D eigenvalue weighted by Crippen LogP contribution is 2.17. The molecule has 0 saturated carbocycles. The predicted molar refractivity (Wildman–Crippen MR) is 48.6 cm³/mol. The average Bonchev–Trinajstić information content (AvgIpc) is 1.93. The molecule has 0 atom stereocenters. The van der Waals surface area contributed by atoms with Gasteiger partial charge in [0.2, 0.25) is 5.03 Å². The molecule has 2 heteroatoms. The van der Waals surface area contributed by atoms with Crippen molar-refractivity contribution in [3.63, 3.8) is 0 Å². The molecule has 60 valence electrons. The van der Waals surface area contributed by atoms with E-state index in [1.807, 2.05) is 17.8 Å². The molecule has 0 unspecified atom stereocenters. The maximum Gasteiger partial charge on any atom is 0.240 e. The summed E-state index contributed by atoms with van der Waals surface area (Å²) in [6, 6.07) is 6.26. The van der Waals surface area contributed by atoms with E-state index >= 15 is 0 Å². The first-order valence-corrected chi connectivity index (χ1v) is 4.69. The van der Waals surface area contributed by atoms with Gasteiger partial charge in [0, 0.05) is 17.4 Å². The van der Waals surface area contributed by atoms with Crippen molar-refractivity contribution in [1.29, 1.82) is 0 Å². The molecule has 1 heterocycles. The minimum atomic E-state index is 0.656. The third-order valence-electron chi connectivity index (χ3n) is 1.36. The van der Waals surface area contributed by atoms with Gasteiger partial charge in [-0.2, -0.15) is 4.57 Å². The molecule has 0 spiro atoms. The largest absolute Gasteiger partial charge is 0.240 e. The van der Waals surface area contributed by atoms with Crippen LogP contribution >= 0.6 is 11.8 Å². The predicted octanol–water partition coefficient (Wildman–Crippen LogP) is 2.01. The standard InChI is InChI=1S/C9H14NS/c1-8(2)11-9-6-4-5-7-10(9)3/h4-8H,1-3H3/q+1. The van der Waals surface area contributed by atoms with Gasteiger partial charge in [0.15, 0.2) is 6.20 Å². The second-order valence-electron chi connectivity index (χ2n) is 2.82. The van der Waals surface area contributed by atoms with E-state index in [-0.39, 0.29) is 0 Å². The fourth-order valence-corrected chi connectivity index (χ4v) is 1.74. The molecule has 0 aliphatic carbocycles. The van der Waals surface area contributed by atoms with Crippen LogP contribution in [0, 0.1) is 0 Å². The van der Waals surface area contributed by atoms with Crippen LogP contribution in [0.1, 0.15) is 13.8 Å². The second-order valence-corrected chi connectivity index (χ2v) is 4.41. The average molecular weight is 168 g/mol. The van der Waals surface area contributed by atoms with Crippen LogP contribution < -0.4 is 4.57 Å². The van der Waals surface area contributed by atoms with Crippen molar-refractivity contribution in [1.82, 2.24) is 0 Å². The Bertz CT molecular complexity index is 233. The number of hydrogen-bond donors (Lipinski definition) is 0. The summed E-state index contributed by atoms with van der Waals surface area (Å²) in [5, 5.41) is 1.98. The summed E-state index contributed by atoms with van der Waals surface area (Å²) in [5.74, 6) is 0. The van der Waals surface area contributed by atoms with Gasteiger partial charge in [0.05, 0.1) is 0 Å². The molecule has 0 radical (unpaired) electrons. The SMILES string of the molecule is CC(C)Sc1cccc[n+]1C. The number of aryl methyl sites for hydroxylation is 1. The summed E-state index contributed by atoms with van der Waals surface area (Å²) in [5.41, 5.74) is 0. The van der Waals surface area contributed by atoms with E-state index in [0.717, 1.165) is 0 Å². The van der Waals surface area contributed by atoms with Gasteiger partial charge in [0.25, 0.3) is 0 Å². The summed E-state index contributed by atoms with van der Waals surface area (Å²) in [4.78, 5) is 0. The molecule has 1 nitrogen and oxygen atoms in total. The van der Waals surface area contributed by atoms with Crippen molar-refractivity contribution in [2.75, 3.05) is 0 Å². The lowest BCUT2D eigenvalue weighted by atomic mass is 10.5. The first-order chi connectivity index (χ1) is 5.20. The van der Waals surface area contributed by atoms with E-state index < -0.39 is 0 Å². The van der Waals surface area contributed by atoms with Gasteiger partial charge in [-0.25, -0.2) is 0 Å². The monoisotopic (exact) mass is 168 g/mol. The minimum Gasteiger partial charge on any atom is -0.196 e. The van der Waals surface area contributed by atoms with Gasteiger partial charge < -0.3 is 0 Å². The molecule has 0 aliphatic heterocycles. The summed E-state index contributed by atoms with van der Waals surface area (Å²) < 4.78 is 2.14. The Balaban J connectivity index is 2.78. The Hall–Kier alpha value is -0.500. The number of aromatic nitrogens is 1. The molecule has 1 aromatic heterocycles. The van der Waals surface area contributed by atoms with Crippen molar-refractivity contribution in [3.05, 3.63) is 24.4 Å². The van der Waals surface area contributed by atoms with E-state index in [2.05, 4.69) is 43.8 Å². The van der Waals surface area contributed by atoms with Gasteiger partial charge >= 0.3 is 0 Å². The van der Waals surface area contributed by atoms with Crippen LogP contribution in [0.3, 0.4) is 0 Å². The highest BCUT2D eigenvalue weighted by atomic mass is 32.2. The first kappa shape index (κ1) is 8.60. The zero-order chi connectivity index (χ0) is 8.27. The van der Waals surface area contributed by atoms with Crippen LogP contribution in [0.4, 0.5) is 0 Å². The van der Waals surface area contributed by atoms with Crippen LogP contribution in [0.25, 0.3) is 0 Å². The number of pyridine rings is 1. The van der Waals surface area contributed by atoms with E-state index in [0.29, 0.717) is 5.25 Å². The van der Waals surface area contributed by atoms with Crippen molar-refractivity contribution in [2.45, 2.75) is 24.1 Å². The fourth-order valence-electron chi connectivity index (χ4n) is 0.872. The third kappa shape index (κ3) is 2.54. The molecule has 0 aromatic carbocycles. The van der Waals surface area contributed by atoms with Gasteiger partial charge in [-0.15, -0.1) is 0 Å². The van der Waals surface area contributed by atoms with Crippen LogP contribution in [0.15, 0.2) is 29.4 Å². The van der Waals surface area contributed by atoms with Crippen molar-refractivity contribution >= 4 is 11.8 Å². The minimum absolute atomic E-state index is 0.656. The Labute approximate surface area is 72.4 Å². The molecule has 0 saturated heterocycles. The van der Waals surface area contributed by atoms with Crippen LogP contribution in [0.5, 0.6) is 0 Å². The summed E-state index contributed by atoms with van der Waals surface area (Å²) >= 11 is 1.89. The molecule has 0 N–H and O–H groups in total. The number of thioether (sulfide) groups is 1. The number of rotatable bonds is 2. The Kier molecular flexibility index (Phi) is 2.94. The van der Waals surface area contributed by atoms with Gasteiger partial charge in [-0.1, -0.05) is 25.6 Å². The Morgan fingerprint density at radius 1 is 1.36 bits per heavy atom. The smallest absolute Gasteiger partial charge is 0.196 e. The normalized spacial score (nSPS) is 10.5. The zero-order valence-electron chi connectivity index (χ0n) is 7.24. The van der Waals surface area contributed by atoms with Crippen LogP contribution in [0.2, 0.25) is 0 Å². The molecular weight excluding hydrogens is 154 g/mol. The molecule has 1 aromatic rings. The lowest BCUT2D eigenvalue weighted by Crippen LogP contribution is -2.30. The third-order valence-corrected chi connectivity index (χ3v) is 2.50. The zero-order valence-corrected chi connectivity index (χ0v) is 8.06. The maximum absolute atomic E-state index is 2.21. The number of nitrogens with zero attached hydrogens (tertiary/aromatic N) is 1. The molecule has 1 rings (SSSR count). The van der Waals surface area contributed by atoms with E-state index in [9.17, 15) is 0 Å². The van der Waals surface area contributed by atoms with Gasteiger partial charge in [-0.05, 0) is 6.07 Å². The molecule has 11 heavy (non-hydrogen) atoms. The molecule has 0 aliphatic rings. The molecule has 0 fully saturated rings. The highest BCUT2D eigenvalue weighted by Gasteiger charge is 2.06. The Morgan fingerprint density at radius 2 is 2.09 bits per heavy atom. The maximum atomic E-state index is 2.21. The second kappa shape index (κ2) is 3.77. The van der Waals surface area contributed by atoms with Gasteiger partial charge in [0.1, 0.15) is 7.05 Å². The lowest BCUT2D eigenvalue weighted by molar-refractivity contribution is -0.708. The van der Waals surface area contributed by atoms with Crippen molar-refractivity contribution < 1.29 is 4.57 Å². The van der Waals surface area contributed by atoms with E-state index in [4.69, 9.17) is 0 Å². The topological polar surface area (TPSA) is 3.88 Å². The summed E-state index contributed by atoms with van der Waals surface area (Å²) in [7, 11) is 2.07. The lowest BCUT2D eigenvalue weighted by Gasteiger charge is -2.00. The van der Waals surface area contributed by atoms with E-state index in [1.54, 1.807) is 0 Å². The Morgan fingerprint density at radius 3 is 2.64 bits per heavy atom. The molecule has 0 amide bonds. The van der Waals surface area contributed by atoms with Crippen molar-refractivity contribution in [3.8, 4) is 0 Å². The van der Waals surface area contributed by atoms with Crippen molar-refractivity contribution in [2.24, 2.45) is 7.05 Å². The van der Waals surface area contributed by atoms with Crippen LogP contribution in [-0.4, -0.2) is 5.25 Å². The summed E-state index contributed by atoms with van der Waals surface area (Å²) in [6.07, 6.45) is 2.07. The molecule has 0 bridgehead atoms. The molecular formula is C9H14NS+. The van der Waals surface area contributed by atoms with E-state index in [1.165, 1.54) is 5.03 Å². The first-order valence-electron chi connectivity index (χ1n) is 3.81. The summed E-state index contributed by atoms with van der Waals surface area (Å²) in [6.45, 7) is 4.41. The quantitative estimate of drug-likeness (QED) is 0.482. The highest BCUT2D eigenvalue weighted by molar-refractivity contribution is 7.99. The fraction of sp³-hybridized carbons (Fsp3) is 0.444.